The van der Waals surface area contributed by atoms with E-state index in [-0.39, 0.29) is 16.7 Å². The van der Waals surface area contributed by atoms with E-state index in [9.17, 15) is 13.6 Å². The van der Waals surface area contributed by atoms with Crippen LogP contribution in [-0.2, 0) is 6.54 Å². The number of hydrogen-bond acceptors (Lipinski definition) is 3. The van der Waals surface area contributed by atoms with Crippen LogP contribution in [0.25, 0.3) is 0 Å². The van der Waals surface area contributed by atoms with E-state index < -0.39 is 18.9 Å². The summed E-state index contributed by atoms with van der Waals surface area (Å²) in [6.45, 7) is -0.552. The summed E-state index contributed by atoms with van der Waals surface area (Å²) in [5.74, 6) is -0.494. The van der Waals surface area contributed by atoms with Crippen molar-refractivity contribution in [1.29, 1.82) is 0 Å². The molecule has 2 rings (SSSR count). The highest BCUT2D eigenvalue weighted by molar-refractivity contribution is 6.32. The number of nitrogens with one attached hydrogen (secondary N) is 1. The molecule has 0 unspecified atom stereocenters. The normalized spacial score (nSPS) is 10.7. The molecule has 2 aromatic heterocycles. The van der Waals surface area contributed by atoms with Gasteiger partial charge in [-0.2, -0.15) is 0 Å². The number of nitrogens with zero attached hydrogens (tertiary/aromatic N) is 3. The minimum absolute atomic E-state index is 0.0304. The predicted octanol–water partition coefficient (Wildman–Crippen LogP) is 2.45. The Hall–Kier alpha value is -2.02. The second-order valence-corrected chi connectivity index (χ2v) is 3.94. The molecule has 5 nitrogen and oxygen atoms in total. The number of alkyl halides is 2. The van der Waals surface area contributed by atoms with Gasteiger partial charge in [0.15, 0.2) is 11.0 Å². The lowest BCUT2D eigenvalue weighted by atomic mass is 10.4. The van der Waals surface area contributed by atoms with Crippen LogP contribution in [-0.4, -0.2) is 26.9 Å². The standard InChI is InChI=1S/C11H9ClF2N4O/c12-9-10(16-4-3-15-9)17-11(19)7-2-1-5-18(7)6-8(13)14/h1-5,8H,6H2,(H,16,17,19). The van der Waals surface area contributed by atoms with E-state index in [1.807, 2.05) is 0 Å². The van der Waals surface area contributed by atoms with Gasteiger partial charge >= 0.3 is 0 Å². The zero-order valence-corrected chi connectivity index (χ0v) is 10.3. The van der Waals surface area contributed by atoms with E-state index in [1.54, 1.807) is 0 Å². The van der Waals surface area contributed by atoms with Gasteiger partial charge in [0.1, 0.15) is 5.69 Å². The van der Waals surface area contributed by atoms with E-state index in [1.165, 1.54) is 30.7 Å². The smallest absolute Gasteiger partial charge is 0.273 e. The molecule has 0 fully saturated rings. The molecule has 0 aliphatic rings. The zero-order valence-electron chi connectivity index (χ0n) is 9.55. The predicted molar refractivity (Wildman–Crippen MR) is 65.4 cm³/mol. The minimum atomic E-state index is -2.54. The van der Waals surface area contributed by atoms with Crippen molar-refractivity contribution in [3.8, 4) is 0 Å². The number of rotatable bonds is 4. The van der Waals surface area contributed by atoms with Crippen molar-refractivity contribution in [2.45, 2.75) is 13.0 Å². The molecule has 0 saturated heterocycles. The summed E-state index contributed by atoms with van der Waals surface area (Å²) in [5.41, 5.74) is 0.0991. The number of halogens is 3. The summed E-state index contributed by atoms with van der Waals surface area (Å²) < 4.78 is 25.8. The lowest BCUT2D eigenvalue weighted by Gasteiger charge is -2.09. The molecule has 0 aliphatic carbocycles. The quantitative estimate of drug-likeness (QED) is 0.939. The van der Waals surface area contributed by atoms with Crippen molar-refractivity contribution in [2.24, 2.45) is 0 Å². The van der Waals surface area contributed by atoms with Crippen LogP contribution in [0.4, 0.5) is 14.6 Å². The number of anilines is 1. The zero-order chi connectivity index (χ0) is 13.8. The third kappa shape index (κ3) is 3.25. The topological polar surface area (TPSA) is 59.8 Å². The molecule has 0 aromatic carbocycles. The first kappa shape index (κ1) is 13.4. The highest BCUT2D eigenvalue weighted by Gasteiger charge is 2.15. The van der Waals surface area contributed by atoms with Gasteiger partial charge in [0.05, 0.1) is 6.54 Å². The molecule has 0 saturated carbocycles. The summed E-state index contributed by atoms with van der Waals surface area (Å²) in [5, 5.41) is 2.45. The van der Waals surface area contributed by atoms with Crippen LogP contribution >= 0.6 is 11.6 Å². The maximum Gasteiger partial charge on any atom is 0.273 e. The fourth-order valence-electron chi connectivity index (χ4n) is 1.50. The van der Waals surface area contributed by atoms with Crippen LogP contribution in [0.5, 0.6) is 0 Å². The maximum absolute atomic E-state index is 12.3. The molecule has 2 heterocycles. The monoisotopic (exact) mass is 286 g/mol. The maximum atomic E-state index is 12.3. The Morgan fingerprint density at radius 3 is 2.84 bits per heavy atom. The van der Waals surface area contributed by atoms with Gasteiger partial charge in [0.2, 0.25) is 0 Å². The van der Waals surface area contributed by atoms with Crippen molar-refractivity contribution in [2.75, 3.05) is 5.32 Å². The fraction of sp³-hybridized carbons (Fsp3) is 0.182. The van der Waals surface area contributed by atoms with Crippen molar-refractivity contribution >= 4 is 23.3 Å². The molecular formula is C11H9ClF2N4O. The summed E-state index contributed by atoms with van der Waals surface area (Å²) in [7, 11) is 0. The van der Waals surface area contributed by atoms with Gasteiger partial charge in [-0.25, -0.2) is 18.7 Å². The van der Waals surface area contributed by atoms with Gasteiger partial charge in [-0.1, -0.05) is 11.6 Å². The first-order valence-electron chi connectivity index (χ1n) is 5.29. The third-order valence-corrected chi connectivity index (χ3v) is 2.56. The van der Waals surface area contributed by atoms with Gasteiger partial charge < -0.3 is 9.88 Å². The average Bonchev–Trinajstić information content (AvgIpc) is 2.79. The van der Waals surface area contributed by atoms with Crippen LogP contribution in [0.2, 0.25) is 5.15 Å². The van der Waals surface area contributed by atoms with Gasteiger partial charge in [-0.3, -0.25) is 4.79 Å². The molecule has 0 aliphatic heterocycles. The summed E-state index contributed by atoms with van der Waals surface area (Å²) in [6.07, 6.45) is 1.59. The van der Waals surface area contributed by atoms with E-state index in [2.05, 4.69) is 15.3 Å². The summed E-state index contributed by atoms with van der Waals surface area (Å²) in [4.78, 5) is 19.5. The Morgan fingerprint density at radius 2 is 2.16 bits per heavy atom. The first-order valence-corrected chi connectivity index (χ1v) is 5.67. The van der Waals surface area contributed by atoms with E-state index in [4.69, 9.17) is 11.6 Å². The third-order valence-electron chi connectivity index (χ3n) is 2.28. The number of amides is 1. The molecule has 100 valence electrons. The Kier molecular flexibility index (Phi) is 4.06. The average molecular weight is 287 g/mol. The molecule has 0 radical (unpaired) electrons. The van der Waals surface area contributed by atoms with Crippen molar-refractivity contribution in [1.82, 2.24) is 14.5 Å². The van der Waals surface area contributed by atoms with Crippen LogP contribution < -0.4 is 5.32 Å². The number of hydrogen-bond donors (Lipinski definition) is 1. The number of carbonyl (C=O) groups is 1. The number of carbonyl (C=O) groups excluding carboxylic acids is 1. The Labute approximate surface area is 112 Å². The van der Waals surface area contributed by atoms with Gasteiger partial charge in [-0.05, 0) is 12.1 Å². The van der Waals surface area contributed by atoms with E-state index in [0.717, 1.165) is 4.57 Å². The molecule has 0 bridgehead atoms. The highest BCUT2D eigenvalue weighted by Crippen LogP contribution is 2.16. The molecule has 0 spiro atoms. The van der Waals surface area contributed by atoms with Gasteiger partial charge in [0.25, 0.3) is 12.3 Å². The summed E-state index contributed by atoms with van der Waals surface area (Å²) >= 11 is 5.74. The lowest BCUT2D eigenvalue weighted by Crippen LogP contribution is -2.19. The molecule has 1 N–H and O–H groups in total. The van der Waals surface area contributed by atoms with Crippen molar-refractivity contribution in [3.63, 3.8) is 0 Å². The van der Waals surface area contributed by atoms with Crippen molar-refractivity contribution in [3.05, 3.63) is 41.6 Å². The van der Waals surface area contributed by atoms with Gasteiger partial charge in [0, 0.05) is 18.6 Å². The SMILES string of the molecule is O=C(Nc1nccnc1Cl)c1cccn1CC(F)F. The highest BCUT2D eigenvalue weighted by atomic mass is 35.5. The Balaban J connectivity index is 2.17. The molecule has 2 aromatic rings. The summed E-state index contributed by atoms with van der Waals surface area (Å²) in [6, 6.07) is 2.94. The number of aromatic nitrogens is 3. The lowest BCUT2D eigenvalue weighted by molar-refractivity contribution is 0.0997. The molecule has 8 heteroatoms. The van der Waals surface area contributed by atoms with Crippen LogP contribution in [0.1, 0.15) is 10.5 Å². The fourth-order valence-corrected chi connectivity index (χ4v) is 1.66. The Bertz CT molecular complexity index is 588. The van der Waals surface area contributed by atoms with Gasteiger partial charge in [-0.15, -0.1) is 0 Å². The van der Waals surface area contributed by atoms with Crippen LogP contribution in [0, 0.1) is 0 Å². The minimum Gasteiger partial charge on any atom is -0.338 e. The van der Waals surface area contributed by atoms with Crippen LogP contribution in [0.3, 0.4) is 0 Å². The molecule has 0 atom stereocenters. The molecule has 1 amide bonds. The van der Waals surface area contributed by atoms with Crippen LogP contribution in [0.15, 0.2) is 30.7 Å². The largest absolute Gasteiger partial charge is 0.338 e. The second-order valence-electron chi connectivity index (χ2n) is 3.59. The Morgan fingerprint density at radius 1 is 1.42 bits per heavy atom. The first-order chi connectivity index (χ1) is 9.08. The molecular weight excluding hydrogens is 278 g/mol. The van der Waals surface area contributed by atoms with E-state index in [0.29, 0.717) is 0 Å². The van der Waals surface area contributed by atoms with E-state index >= 15 is 0 Å². The molecule has 19 heavy (non-hydrogen) atoms. The second kappa shape index (κ2) is 5.75. The van der Waals surface area contributed by atoms with Crippen molar-refractivity contribution < 1.29 is 13.6 Å².